The van der Waals surface area contributed by atoms with Crippen LogP contribution in [0.3, 0.4) is 0 Å². The topological polar surface area (TPSA) is 12.0 Å². The molecule has 1 aliphatic heterocycles. The van der Waals surface area contributed by atoms with Gasteiger partial charge in [0.05, 0.1) is 0 Å². The van der Waals surface area contributed by atoms with Gasteiger partial charge < -0.3 is 5.32 Å². The van der Waals surface area contributed by atoms with Crippen LogP contribution in [0.2, 0.25) is 0 Å². The Labute approximate surface area is 61.1 Å². The molecule has 0 bridgehead atoms. The largest absolute Gasteiger partial charge is 0.377 e. The number of hydrogen-bond donors (Lipinski definition) is 1. The highest BCUT2D eigenvalue weighted by Crippen LogP contribution is 2.22. The highest BCUT2D eigenvalue weighted by atomic mass is 14.8. The number of hydrogen-bond acceptors (Lipinski definition) is 1. The van der Waals surface area contributed by atoms with Crippen LogP contribution in [0.1, 0.15) is 12.8 Å². The molecule has 0 saturated heterocycles. The lowest BCUT2D eigenvalue weighted by Gasteiger charge is -2.15. The van der Waals surface area contributed by atoms with E-state index >= 15 is 0 Å². The standard InChI is InChI=1S/C9H9N/c1-2-4-9-7-10-6-5-8(9)3-1/h1,3,5-6,10H,2,4H2. The summed E-state index contributed by atoms with van der Waals surface area (Å²) in [6.45, 7) is 3.11. The molecule has 0 amide bonds. The Morgan fingerprint density at radius 1 is 1.40 bits per heavy atom. The second-order valence-electron chi connectivity index (χ2n) is 2.48. The van der Waals surface area contributed by atoms with Crippen LogP contribution in [0, 0.1) is 6.54 Å². The molecule has 0 aromatic heterocycles. The van der Waals surface area contributed by atoms with Gasteiger partial charge in [-0.2, -0.15) is 0 Å². The van der Waals surface area contributed by atoms with Crippen molar-refractivity contribution in [1.29, 1.82) is 0 Å². The van der Waals surface area contributed by atoms with E-state index in [0.717, 1.165) is 12.8 Å². The quantitative estimate of drug-likeness (QED) is 0.528. The second kappa shape index (κ2) is 2.33. The molecule has 0 spiro atoms. The average Bonchev–Trinajstić information content (AvgIpc) is 2.05. The van der Waals surface area contributed by atoms with Gasteiger partial charge >= 0.3 is 0 Å². The third-order valence-corrected chi connectivity index (χ3v) is 1.78. The van der Waals surface area contributed by atoms with Crippen molar-refractivity contribution in [3.8, 4) is 0 Å². The van der Waals surface area contributed by atoms with Crippen molar-refractivity contribution in [3.63, 3.8) is 0 Å². The number of allylic oxidation sites excluding steroid dienone is 4. The molecule has 0 saturated carbocycles. The van der Waals surface area contributed by atoms with E-state index in [4.69, 9.17) is 0 Å². The first-order chi connectivity index (χ1) is 4.97. The molecule has 1 nitrogen and oxygen atoms in total. The van der Waals surface area contributed by atoms with Crippen molar-refractivity contribution < 1.29 is 0 Å². The summed E-state index contributed by atoms with van der Waals surface area (Å²) in [5.41, 5.74) is 2.62. The molecule has 0 unspecified atom stereocenters. The van der Waals surface area contributed by atoms with Crippen molar-refractivity contribution in [3.05, 3.63) is 42.1 Å². The third-order valence-electron chi connectivity index (χ3n) is 1.78. The molecule has 1 N–H and O–H groups in total. The van der Waals surface area contributed by atoms with E-state index in [2.05, 4.69) is 30.1 Å². The zero-order valence-electron chi connectivity index (χ0n) is 5.72. The van der Waals surface area contributed by atoms with Crippen LogP contribution in [0.15, 0.2) is 35.6 Å². The SMILES string of the molecule is [C]1NC=CC2=C1CCC=C2. The van der Waals surface area contributed by atoms with E-state index in [1.54, 1.807) is 0 Å². The molecule has 2 rings (SSSR count). The molecule has 10 heavy (non-hydrogen) atoms. The van der Waals surface area contributed by atoms with E-state index < -0.39 is 0 Å². The van der Waals surface area contributed by atoms with Crippen LogP contribution >= 0.6 is 0 Å². The minimum Gasteiger partial charge on any atom is -0.377 e. The first kappa shape index (κ1) is 5.78. The Balaban J connectivity index is 2.32. The minimum absolute atomic E-state index is 1.13. The Bertz CT molecular complexity index is 199. The highest BCUT2D eigenvalue weighted by molar-refractivity contribution is 5.43. The van der Waals surface area contributed by atoms with Crippen LogP contribution in [0.5, 0.6) is 0 Å². The average molecular weight is 131 g/mol. The highest BCUT2D eigenvalue weighted by Gasteiger charge is 2.08. The van der Waals surface area contributed by atoms with E-state index in [1.807, 2.05) is 6.20 Å². The maximum Gasteiger partial charge on any atom is 0.119 e. The number of rotatable bonds is 0. The van der Waals surface area contributed by atoms with Gasteiger partial charge in [0.2, 0.25) is 0 Å². The summed E-state index contributed by atoms with van der Waals surface area (Å²) in [7, 11) is 0. The van der Waals surface area contributed by atoms with Gasteiger partial charge in [-0.3, -0.25) is 0 Å². The predicted molar refractivity (Wildman–Crippen MR) is 40.9 cm³/mol. The predicted octanol–water partition coefficient (Wildman–Crippen LogP) is 1.79. The molecule has 0 aromatic rings. The van der Waals surface area contributed by atoms with Crippen LogP contribution in [0.4, 0.5) is 0 Å². The zero-order chi connectivity index (χ0) is 6.81. The smallest absolute Gasteiger partial charge is 0.119 e. The van der Waals surface area contributed by atoms with Crippen LogP contribution in [-0.2, 0) is 0 Å². The first-order valence-electron chi connectivity index (χ1n) is 3.54. The number of dihydropyridines is 1. The van der Waals surface area contributed by atoms with Crippen LogP contribution < -0.4 is 5.32 Å². The maximum absolute atomic E-state index is 3.11. The van der Waals surface area contributed by atoms with Gasteiger partial charge in [-0.25, -0.2) is 0 Å². The summed E-state index contributed by atoms with van der Waals surface area (Å²) >= 11 is 0. The number of nitrogens with one attached hydrogen (secondary N) is 1. The molecule has 1 aliphatic carbocycles. The molecule has 0 fully saturated rings. The fraction of sp³-hybridized carbons (Fsp3) is 0.222. The molecular formula is C9H9N. The van der Waals surface area contributed by atoms with Crippen molar-refractivity contribution in [2.45, 2.75) is 12.8 Å². The van der Waals surface area contributed by atoms with E-state index in [1.165, 1.54) is 11.1 Å². The van der Waals surface area contributed by atoms with Gasteiger partial charge in [0.25, 0.3) is 0 Å². The van der Waals surface area contributed by atoms with E-state index in [0.29, 0.717) is 0 Å². The maximum atomic E-state index is 3.11. The van der Waals surface area contributed by atoms with Crippen LogP contribution in [0.25, 0.3) is 0 Å². The van der Waals surface area contributed by atoms with Crippen molar-refractivity contribution in [1.82, 2.24) is 5.32 Å². The summed E-state index contributed by atoms with van der Waals surface area (Å²) in [5, 5.41) is 2.96. The summed E-state index contributed by atoms with van der Waals surface area (Å²) < 4.78 is 0. The van der Waals surface area contributed by atoms with Gasteiger partial charge in [-0.05, 0) is 36.3 Å². The van der Waals surface area contributed by atoms with Gasteiger partial charge in [0.1, 0.15) is 6.54 Å². The Hall–Kier alpha value is -0.980. The molecule has 0 aromatic carbocycles. The fourth-order valence-corrected chi connectivity index (χ4v) is 1.23. The van der Waals surface area contributed by atoms with Gasteiger partial charge in [-0.1, -0.05) is 12.2 Å². The Morgan fingerprint density at radius 2 is 2.40 bits per heavy atom. The van der Waals surface area contributed by atoms with Crippen molar-refractivity contribution >= 4 is 0 Å². The summed E-state index contributed by atoms with van der Waals surface area (Å²) in [6.07, 6.45) is 10.6. The van der Waals surface area contributed by atoms with E-state index in [-0.39, 0.29) is 0 Å². The lowest BCUT2D eigenvalue weighted by Crippen LogP contribution is -2.10. The summed E-state index contributed by atoms with van der Waals surface area (Å²) in [6, 6.07) is 0. The molecule has 1 heterocycles. The summed E-state index contributed by atoms with van der Waals surface area (Å²) in [5.74, 6) is 0. The van der Waals surface area contributed by atoms with Crippen molar-refractivity contribution in [2.24, 2.45) is 0 Å². The van der Waals surface area contributed by atoms with Gasteiger partial charge in [0.15, 0.2) is 0 Å². The molecule has 2 radical (unpaired) electrons. The third kappa shape index (κ3) is 0.878. The monoisotopic (exact) mass is 131 g/mol. The molecular weight excluding hydrogens is 122 g/mol. The lowest BCUT2D eigenvalue weighted by atomic mass is 9.96. The Morgan fingerprint density at radius 3 is 3.30 bits per heavy atom. The molecule has 2 aliphatic rings. The van der Waals surface area contributed by atoms with Crippen molar-refractivity contribution in [2.75, 3.05) is 0 Å². The molecule has 1 heteroatoms. The molecule has 50 valence electrons. The van der Waals surface area contributed by atoms with Gasteiger partial charge in [-0.15, -0.1) is 0 Å². The summed E-state index contributed by atoms with van der Waals surface area (Å²) in [4.78, 5) is 0. The van der Waals surface area contributed by atoms with Gasteiger partial charge in [0, 0.05) is 0 Å². The lowest BCUT2D eigenvalue weighted by molar-refractivity contribution is 0.894. The van der Waals surface area contributed by atoms with E-state index in [9.17, 15) is 0 Å². The Kier molecular flexibility index (Phi) is 1.35. The fourth-order valence-electron chi connectivity index (χ4n) is 1.23. The minimum atomic E-state index is 1.13. The second-order valence-corrected chi connectivity index (χ2v) is 2.48. The normalized spacial score (nSPS) is 22.4. The zero-order valence-corrected chi connectivity index (χ0v) is 5.72. The first-order valence-corrected chi connectivity index (χ1v) is 3.54. The van der Waals surface area contributed by atoms with Crippen LogP contribution in [-0.4, -0.2) is 0 Å². The molecule has 0 atom stereocenters.